The molecule has 122 valence electrons. The van der Waals surface area contributed by atoms with Crippen LogP contribution in [0.15, 0.2) is 53.7 Å². The van der Waals surface area contributed by atoms with Gasteiger partial charge in [-0.1, -0.05) is 23.8 Å². The minimum absolute atomic E-state index is 0.0635. The Morgan fingerprint density at radius 2 is 1.91 bits per heavy atom. The zero-order valence-corrected chi connectivity index (χ0v) is 13.6. The van der Waals surface area contributed by atoms with E-state index in [2.05, 4.69) is 10.3 Å². The maximum absolute atomic E-state index is 12.0. The van der Waals surface area contributed by atoms with Gasteiger partial charge in [-0.15, -0.1) is 0 Å². The molecule has 0 fully saturated rings. The Balaban J connectivity index is 1.79. The molecule has 0 atom stereocenters. The summed E-state index contributed by atoms with van der Waals surface area (Å²) in [5, 5.41) is 2.54. The average Bonchev–Trinajstić information content (AvgIpc) is 2.52. The molecule has 0 aliphatic heterocycles. The fourth-order valence-electron chi connectivity index (χ4n) is 1.97. The molecule has 1 heterocycles. The van der Waals surface area contributed by atoms with Gasteiger partial charge in [-0.3, -0.25) is 4.98 Å². The summed E-state index contributed by atoms with van der Waals surface area (Å²) in [5.41, 5.74) is 2.02. The summed E-state index contributed by atoms with van der Waals surface area (Å²) in [4.78, 5) is 15.8. The lowest BCUT2D eigenvalue weighted by Crippen LogP contribution is -2.39. The third kappa shape index (κ3) is 5.37. The molecule has 1 aromatic carbocycles. The molecular weight excluding hydrogens is 314 g/mol. The summed E-state index contributed by atoms with van der Waals surface area (Å²) in [6.07, 6.45) is 4.93. The van der Waals surface area contributed by atoms with Crippen molar-refractivity contribution >= 4 is 16.1 Å². The molecule has 0 saturated carbocycles. The molecule has 0 radical (unpaired) electrons. The van der Waals surface area contributed by atoms with Gasteiger partial charge in [0.25, 0.3) is 10.0 Å². The maximum Gasteiger partial charge on any atom is 0.328 e. The Kier molecular flexibility index (Phi) is 5.70. The van der Waals surface area contributed by atoms with Gasteiger partial charge in [0.1, 0.15) is 0 Å². The van der Waals surface area contributed by atoms with E-state index in [0.717, 1.165) is 17.5 Å². The number of nitrogens with one attached hydrogen (secondary N) is 2. The summed E-state index contributed by atoms with van der Waals surface area (Å²) in [6, 6.07) is 9.37. The smallest absolute Gasteiger partial charge is 0.328 e. The van der Waals surface area contributed by atoms with Crippen molar-refractivity contribution in [3.05, 3.63) is 59.9 Å². The van der Waals surface area contributed by atoms with Gasteiger partial charge in [0.2, 0.25) is 0 Å². The topological polar surface area (TPSA) is 88.2 Å². The SMILES string of the molecule is Cc1ccc(S(=O)(=O)NC(=O)NCCCc2cccnc2)cc1. The molecule has 0 bridgehead atoms. The van der Waals surface area contributed by atoms with Crippen LogP contribution in [0.5, 0.6) is 0 Å². The third-order valence-electron chi connectivity index (χ3n) is 3.21. The van der Waals surface area contributed by atoms with Crippen LogP contribution in [0.1, 0.15) is 17.5 Å². The average molecular weight is 333 g/mol. The highest BCUT2D eigenvalue weighted by molar-refractivity contribution is 7.90. The first-order chi connectivity index (χ1) is 11.0. The lowest BCUT2D eigenvalue weighted by atomic mass is 10.1. The molecule has 6 nitrogen and oxygen atoms in total. The number of benzene rings is 1. The number of sulfonamides is 1. The van der Waals surface area contributed by atoms with E-state index in [4.69, 9.17) is 0 Å². The minimum atomic E-state index is -3.84. The number of hydrogen-bond donors (Lipinski definition) is 2. The van der Waals surface area contributed by atoms with Gasteiger partial charge in [0.15, 0.2) is 0 Å². The van der Waals surface area contributed by atoms with Crippen LogP contribution in [0.2, 0.25) is 0 Å². The van der Waals surface area contributed by atoms with Crippen LogP contribution in [0, 0.1) is 6.92 Å². The van der Waals surface area contributed by atoms with E-state index in [-0.39, 0.29) is 4.90 Å². The van der Waals surface area contributed by atoms with Crippen LogP contribution in [-0.4, -0.2) is 26.0 Å². The number of aryl methyl sites for hydroxylation is 2. The fraction of sp³-hybridized carbons (Fsp3) is 0.250. The van der Waals surface area contributed by atoms with Crippen LogP contribution < -0.4 is 10.0 Å². The monoisotopic (exact) mass is 333 g/mol. The predicted molar refractivity (Wildman–Crippen MR) is 87.5 cm³/mol. The van der Waals surface area contributed by atoms with Gasteiger partial charge in [0.05, 0.1) is 4.90 Å². The Morgan fingerprint density at radius 3 is 2.57 bits per heavy atom. The van der Waals surface area contributed by atoms with Crippen molar-refractivity contribution in [3.8, 4) is 0 Å². The van der Waals surface area contributed by atoms with E-state index < -0.39 is 16.1 Å². The number of rotatable bonds is 6. The standard InChI is InChI=1S/C16H19N3O3S/c1-13-6-8-15(9-7-13)23(21,22)19-16(20)18-11-3-5-14-4-2-10-17-12-14/h2,4,6-10,12H,3,5,11H2,1H3,(H2,18,19,20). The molecule has 1 aromatic heterocycles. The Morgan fingerprint density at radius 1 is 1.17 bits per heavy atom. The minimum Gasteiger partial charge on any atom is -0.337 e. The largest absolute Gasteiger partial charge is 0.337 e. The molecule has 2 rings (SSSR count). The number of amides is 2. The fourth-order valence-corrected chi connectivity index (χ4v) is 2.90. The number of carbonyl (C=O) groups is 1. The first kappa shape index (κ1) is 17.0. The number of urea groups is 1. The molecular formula is C16H19N3O3S. The summed E-state index contributed by atoms with van der Waals surface area (Å²) in [7, 11) is -3.84. The molecule has 23 heavy (non-hydrogen) atoms. The van der Waals surface area contributed by atoms with Crippen LogP contribution in [-0.2, 0) is 16.4 Å². The number of pyridine rings is 1. The normalized spacial score (nSPS) is 11.0. The highest BCUT2D eigenvalue weighted by Crippen LogP contribution is 2.09. The quantitative estimate of drug-likeness (QED) is 0.792. The summed E-state index contributed by atoms with van der Waals surface area (Å²) < 4.78 is 26.1. The van der Waals surface area contributed by atoms with E-state index >= 15 is 0 Å². The van der Waals surface area contributed by atoms with Crippen molar-refractivity contribution < 1.29 is 13.2 Å². The number of aromatic nitrogens is 1. The molecule has 0 unspecified atom stereocenters. The van der Waals surface area contributed by atoms with Crippen molar-refractivity contribution in [2.45, 2.75) is 24.7 Å². The van der Waals surface area contributed by atoms with Gasteiger partial charge in [-0.25, -0.2) is 17.9 Å². The molecule has 7 heteroatoms. The van der Waals surface area contributed by atoms with E-state index in [0.29, 0.717) is 13.0 Å². The zero-order valence-electron chi connectivity index (χ0n) is 12.8. The van der Waals surface area contributed by atoms with Crippen molar-refractivity contribution in [2.24, 2.45) is 0 Å². The highest BCUT2D eigenvalue weighted by atomic mass is 32.2. The van der Waals surface area contributed by atoms with Crippen molar-refractivity contribution in [3.63, 3.8) is 0 Å². The molecule has 0 aliphatic carbocycles. The van der Waals surface area contributed by atoms with E-state index in [9.17, 15) is 13.2 Å². The maximum atomic E-state index is 12.0. The Bertz CT molecular complexity index is 744. The summed E-state index contributed by atoms with van der Waals surface area (Å²) >= 11 is 0. The van der Waals surface area contributed by atoms with Crippen LogP contribution in [0.3, 0.4) is 0 Å². The van der Waals surface area contributed by atoms with Crippen molar-refractivity contribution in [2.75, 3.05) is 6.54 Å². The number of carbonyl (C=O) groups excluding carboxylic acids is 1. The molecule has 2 amide bonds. The lowest BCUT2D eigenvalue weighted by molar-refractivity contribution is 0.245. The molecule has 2 aromatic rings. The van der Waals surface area contributed by atoms with Gasteiger partial charge in [-0.2, -0.15) is 0 Å². The van der Waals surface area contributed by atoms with Gasteiger partial charge < -0.3 is 5.32 Å². The van der Waals surface area contributed by atoms with Crippen molar-refractivity contribution in [1.82, 2.24) is 15.0 Å². The van der Waals surface area contributed by atoms with E-state index in [1.165, 1.54) is 12.1 Å². The van der Waals surface area contributed by atoms with Crippen LogP contribution >= 0.6 is 0 Å². The highest BCUT2D eigenvalue weighted by Gasteiger charge is 2.16. The van der Waals surface area contributed by atoms with Crippen LogP contribution in [0.25, 0.3) is 0 Å². The van der Waals surface area contributed by atoms with Gasteiger partial charge in [-0.05, 0) is 43.5 Å². The molecule has 0 aliphatic rings. The van der Waals surface area contributed by atoms with Crippen molar-refractivity contribution in [1.29, 1.82) is 0 Å². The number of hydrogen-bond acceptors (Lipinski definition) is 4. The summed E-state index contributed by atoms with van der Waals surface area (Å²) in [5.74, 6) is 0. The molecule has 0 spiro atoms. The third-order valence-corrected chi connectivity index (χ3v) is 4.56. The molecule has 0 saturated heterocycles. The second-order valence-electron chi connectivity index (χ2n) is 5.14. The second-order valence-corrected chi connectivity index (χ2v) is 6.82. The van der Waals surface area contributed by atoms with Gasteiger partial charge in [0, 0.05) is 18.9 Å². The Labute approximate surface area is 136 Å². The first-order valence-corrected chi connectivity index (χ1v) is 8.72. The van der Waals surface area contributed by atoms with E-state index in [1.807, 2.05) is 23.8 Å². The van der Waals surface area contributed by atoms with Crippen LogP contribution in [0.4, 0.5) is 4.79 Å². The lowest BCUT2D eigenvalue weighted by Gasteiger charge is -2.09. The zero-order chi connectivity index (χ0) is 16.7. The predicted octanol–water partition coefficient (Wildman–Crippen LogP) is 2.01. The number of nitrogens with zero attached hydrogens (tertiary/aromatic N) is 1. The first-order valence-electron chi connectivity index (χ1n) is 7.23. The van der Waals surface area contributed by atoms with Gasteiger partial charge >= 0.3 is 6.03 Å². The Hall–Kier alpha value is -2.41. The van der Waals surface area contributed by atoms with E-state index in [1.54, 1.807) is 24.5 Å². The molecule has 2 N–H and O–H groups in total. The summed E-state index contributed by atoms with van der Waals surface area (Å²) in [6.45, 7) is 2.24. The second kappa shape index (κ2) is 7.73.